The van der Waals surface area contributed by atoms with Crippen molar-refractivity contribution in [3.63, 3.8) is 0 Å². The molecule has 0 aliphatic carbocycles. The van der Waals surface area contributed by atoms with E-state index in [0.717, 1.165) is 17.0 Å². The molecule has 1 aromatic rings. The Balaban J connectivity index is 2.00. The molecule has 0 aromatic heterocycles. The van der Waals surface area contributed by atoms with Crippen molar-refractivity contribution >= 4 is 27.5 Å². The lowest BCUT2D eigenvalue weighted by Gasteiger charge is -2.28. The second kappa shape index (κ2) is 7.65. The lowest BCUT2D eigenvalue weighted by Crippen LogP contribution is -2.49. The van der Waals surface area contributed by atoms with E-state index in [1.807, 2.05) is 0 Å². The van der Waals surface area contributed by atoms with Crippen LogP contribution in [-0.2, 0) is 19.6 Å². The number of sulfonamides is 1. The normalized spacial score (nSPS) is 16.1. The van der Waals surface area contributed by atoms with Gasteiger partial charge in [-0.05, 0) is 25.5 Å². The lowest BCUT2D eigenvalue weighted by molar-refractivity contribution is -0.128. The van der Waals surface area contributed by atoms with E-state index in [2.05, 4.69) is 5.32 Å². The van der Waals surface area contributed by atoms with E-state index >= 15 is 0 Å². The molecule has 24 heavy (non-hydrogen) atoms. The number of hydrogen-bond donors (Lipinski definition) is 1. The van der Waals surface area contributed by atoms with Crippen LogP contribution in [0.2, 0.25) is 0 Å². The molecular weight excluding hydrogens is 330 g/mol. The highest BCUT2D eigenvalue weighted by molar-refractivity contribution is 7.92. The first-order valence-electron chi connectivity index (χ1n) is 7.90. The standard InChI is InChI=1S/C16H23N3O4S/c1-13(16(21)17-10-12-18-11-6-9-15(18)20)19(24(2,22)23)14-7-4-3-5-8-14/h3-5,7-8,13H,6,9-12H2,1-2H3,(H,17,21)/t13-/m0/s1. The van der Waals surface area contributed by atoms with Crippen molar-refractivity contribution in [3.8, 4) is 0 Å². The average Bonchev–Trinajstić information content (AvgIpc) is 2.92. The fourth-order valence-corrected chi connectivity index (χ4v) is 3.96. The van der Waals surface area contributed by atoms with E-state index in [4.69, 9.17) is 0 Å². The number of amides is 2. The second-order valence-corrected chi connectivity index (χ2v) is 7.71. The van der Waals surface area contributed by atoms with Gasteiger partial charge in [0.15, 0.2) is 0 Å². The number of anilines is 1. The summed E-state index contributed by atoms with van der Waals surface area (Å²) in [4.78, 5) is 25.6. The topological polar surface area (TPSA) is 86.8 Å². The van der Waals surface area contributed by atoms with E-state index in [1.165, 1.54) is 0 Å². The van der Waals surface area contributed by atoms with E-state index in [-0.39, 0.29) is 5.91 Å². The molecule has 0 bridgehead atoms. The molecule has 1 aromatic carbocycles. The minimum atomic E-state index is -3.60. The van der Waals surface area contributed by atoms with Gasteiger partial charge < -0.3 is 10.2 Å². The third kappa shape index (κ3) is 4.47. The minimum absolute atomic E-state index is 0.0966. The van der Waals surface area contributed by atoms with Gasteiger partial charge in [0.2, 0.25) is 21.8 Å². The Bertz CT molecular complexity index is 691. The molecular formula is C16H23N3O4S. The number of carbonyl (C=O) groups is 2. The van der Waals surface area contributed by atoms with E-state index in [1.54, 1.807) is 42.2 Å². The van der Waals surface area contributed by atoms with Gasteiger partial charge in [0.1, 0.15) is 6.04 Å². The molecule has 1 fully saturated rings. The van der Waals surface area contributed by atoms with Crippen LogP contribution >= 0.6 is 0 Å². The molecule has 0 unspecified atom stereocenters. The molecule has 1 heterocycles. The summed E-state index contributed by atoms with van der Waals surface area (Å²) >= 11 is 0. The first-order chi connectivity index (χ1) is 11.3. The Hall–Kier alpha value is -2.09. The van der Waals surface area contributed by atoms with Crippen molar-refractivity contribution in [1.82, 2.24) is 10.2 Å². The van der Waals surface area contributed by atoms with E-state index in [0.29, 0.717) is 31.7 Å². The molecule has 0 saturated carbocycles. The Morgan fingerprint density at radius 2 is 2.00 bits per heavy atom. The number of nitrogens with zero attached hydrogens (tertiary/aromatic N) is 2. The summed E-state index contributed by atoms with van der Waals surface area (Å²) in [5, 5.41) is 2.71. The Kier molecular flexibility index (Phi) is 5.82. The SMILES string of the molecule is C[C@@H](C(=O)NCCN1CCCC1=O)N(c1ccccc1)S(C)(=O)=O. The lowest BCUT2D eigenvalue weighted by atomic mass is 10.2. The van der Waals surface area contributed by atoms with Crippen LogP contribution in [0.4, 0.5) is 5.69 Å². The van der Waals surface area contributed by atoms with E-state index < -0.39 is 22.0 Å². The van der Waals surface area contributed by atoms with Gasteiger partial charge in [0.25, 0.3) is 0 Å². The second-order valence-electron chi connectivity index (χ2n) is 5.85. The maximum absolute atomic E-state index is 12.3. The van der Waals surface area contributed by atoms with E-state index in [9.17, 15) is 18.0 Å². The minimum Gasteiger partial charge on any atom is -0.353 e. The molecule has 2 rings (SSSR count). The fraction of sp³-hybridized carbons (Fsp3) is 0.500. The molecule has 7 nitrogen and oxygen atoms in total. The van der Waals surface area contributed by atoms with Crippen molar-refractivity contribution in [2.45, 2.75) is 25.8 Å². The Morgan fingerprint density at radius 1 is 1.33 bits per heavy atom. The molecule has 8 heteroatoms. The number of nitrogens with one attached hydrogen (secondary N) is 1. The fourth-order valence-electron chi connectivity index (χ4n) is 2.79. The highest BCUT2D eigenvalue weighted by Gasteiger charge is 2.29. The predicted molar refractivity (Wildman–Crippen MR) is 92.1 cm³/mol. The zero-order valence-corrected chi connectivity index (χ0v) is 14.8. The van der Waals surface area contributed by atoms with Crippen LogP contribution in [0.5, 0.6) is 0 Å². The zero-order chi connectivity index (χ0) is 17.7. The number of likely N-dealkylation sites (tertiary alicyclic amines) is 1. The summed E-state index contributed by atoms with van der Waals surface area (Å²) in [6.07, 6.45) is 2.48. The molecule has 1 N–H and O–H groups in total. The monoisotopic (exact) mass is 353 g/mol. The van der Waals surface area contributed by atoms with Crippen molar-refractivity contribution in [2.75, 3.05) is 30.2 Å². The third-order valence-corrected chi connectivity index (χ3v) is 5.19. The van der Waals surface area contributed by atoms with Crippen LogP contribution in [0.3, 0.4) is 0 Å². The quantitative estimate of drug-likeness (QED) is 0.777. The highest BCUT2D eigenvalue weighted by Crippen LogP contribution is 2.20. The van der Waals surface area contributed by atoms with Crippen LogP contribution in [0, 0.1) is 0 Å². The van der Waals surface area contributed by atoms with Gasteiger partial charge >= 0.3 is 0 Å². The van der Waals surface area contributed by atoms with Crippen molar-refractivity contribution < 1.29 is 18.0 Å². The molecule has 1 saturated heterocycles. The summed E-state index contributed by atoms with van der Waals surface area (Å²) in [6, 6.07) is 7.63. The van der Waals surface area contributed by atoms with Crippen LogP contribution in [0.1, 0.15) is 19.8 Å². The van der Waals surface area contributed by atoms with Gasteiger partial charge in [0.05, 0.1) is 11.9 Å². The van der Waals surface area contributed by atoms with Crippen LogP contribution in [0.25, 0.3) is 0 Å². The van der Waals surface area contributed by atoms with Gasteiger partial charge in [-0.3, -0.25) is 13.9 Å². The van der Waals surface area contributed by atoms with Gasteiger partial charge in [0, 0.05) is 26.1 Å². The summed E-state index contributed by atoms with van der Waals surface area (Å²) in [7, 11) is -3.60. The molecule has 0 spiro atoms. The summed E-state index contributed by atoms with van der Waals surface area (Å²) in [6.45, 7) is 3.01. The smallest absolute Gasteiger partial charge is 0.243 e. The maximum Gasteiger partial charge on any atom is 0.243 e. The van der Waals surface area contributed by atoms with Crippen LogP contribution in [0.15, 0.2) is 30.3 Å². The zero-order valence-electron chi connectivity index (χ0n) is 13.9. The first-order valence-corrected chi connectivity index (χ1v) is 9.75. The largest absolute Gasteiger partial charge is 0.353 e. The highest BCUT2D eigenvalue weighted by atomic mass is 32.2. The number of rotatable bonds is 7. The summed E-state index contributed by atoms with van der Waals surface area (Å²) in [5.74, 6) is -0.296. The van der Waals surface area contributed by atoms with Crippen LogP contribution < -0.4 is 9.62 Å². The third-order valence-electron chi connectivity index (χ3n) is 3.95. The predicted octanol–water partition coefficient (Wildman–Crippen LogP) is 0.580. The van der Waals surface area contributed by atoms with Crippen molar-refractivity contribution in [1.29, 1.82) is 0 Å². The summed E-state index contributed by atoms with van der Waals surface area (Å²) < 4.78 is 25.3. The first kappa shape index (κ1) is 18.3. The maximum atomic E-state index is 12.3. The molecule has 1 aliphatic rings. The van der Waals surface area contributed by atoms with Crippen LogP contribution in [-0.4, -0.2) is 57.1 Å². The number of hydrogen-bond acceptors (Lipinski definition) is 4. The average molecular weight is 353 g/mol. The van der Waals surface area contributed by atoms with Crippen molar-refractivity contribution in [2.24, 2.45) is 0 Å². The number of para-hydroxylation sites is 1. The van der Waals surface area contributed by atoms with Gasteiger partial charge in [-0.15, -0.1) is 0 Å². The Morgan fingerprint density at radius 3 is 2.54 bits per heavy atom. The summed E-state index contributed by atoms with van der Waals surface area (Å²) in [5.41, 5.74) is 0.442. The molecule has 2 amide bonds. The molecule has 1 atom stereocenters. The van der Waals surface area contributed by atoms with Crippen molar-refractivity contribution in [3.05, 3.63) is 30.3 Å². The van der Waals surface area contributed by atoms with Gasteiger partial charge in [-0.1, -0.05) is 18.2 Å². The number of carbonyl (C=O) groups excluding carboxylic acids is 2. The number of benzene rings is 1. The molecule has 132 valence electrons. The van der Waals surface area contributed by atoms with Gasteiger partial charge in [-0.25, -0.2) is 8.42 Å². The Labute approximate surface area is 142 Å². The molecule has 1 aliphatic heterocycles. The molecule has 0 radical (unpaired) electrons. The van der Waals surface area contributed by atoms with Gasteiger partial charge in [-0.2, -0.15) is 0 Å².